The van der Waals surface area contributed by atoms with E-state index in [4.69, 9.17) is 0 Å². The lowest BCUT2D eigenvalue weighted by molar-refractivity contribution is 0.409. The summed E-state index contributed by atoms with van der Waals surface area (Å²) < 4.78 is 2.50. The molecule has 0 spiro atoms. The SMILES string of the molecule is CCC(c1ccccc1)S1(N(C)C)C=CC(C2CCCCC2)=C1. The first-order valence-corrected chi connectivity index (χ1v) is 10.9. The molecule has 1 nitrogen and oxygen atoms in total. The minimum atomic E-state index is -1.03. The van der Waals surface area contributed by atoms with Gasteiger partial charge < -0.3 is 0 Å². The molecule has 1 aliphatic heterocycles. The van der Waals surface area contributed by atoms with Crippen LogP contribution in [0.15, 0.2) is 52.8 Å². The van der Waals surface area contributed by atoms with Gasteiger partial charge in [0, 0.05) is 5.25 Å². The van der Waals surface area contributed by atoms with Crippen LogP contribution in [-0.2, 0) is 0 Å². The minimum absolute atomic E-state index is 0.594. The highest BCUT2D eigenvalue weighted by Gasteiger charge is 2.36. The van der Waals surface area contributed by atoms with E-state index in [1.54, 1.807) is 5.57 Å². The molecule has 23 heavy (non-hydrogen) atoms. The van der Waals surface area contributed by atoms with Crippen molar-refractivity contribution in [3.8, 4) is 0 Å². The number of rotatable bonds is 5. The Morgan fingerprint density at radius 1 is 1.09 bits per heavy atom. The molecule has 126 valence electrons. The zero-order valence-electron chi connectivity index (χ0n) is 14.9. The van der Waals surface area contributed by atoms with Crippen molar-refractivity contribution < 1.29 is 0 Å². The summed E-state index contributed by atoms with van der Waals surface area (Å²) >= 11 is 0. The topological polar surface area (TPSA) is 3.24 Å². The Bertz CT molecular complexity index is 569. The predicted octanol–water partition coefficient (Wildman–Crippen LogP) is 6.41. The zero-order valence-corrected chi connectivity index (χ0v) is 15.7. The minimum Gasteiger partial charge on any atom is -0.266 e. The number of allylic oxidation sites excluding steroid dienone is 2. The lowest BCUT2D eigenvalue weighted by Gasteiger charge is -2.46. The maximum Gasteiger partial charge on any atom is 0.0325 e. The standard InChI is InChI=1S/C21H31NS/c1-4-21(19-13-9-6-10-14-19)23(22(2)3)16-15-20(17-23)18-11-7-5-8-12-18/h6,9-10,13-18,21H,4-5,7-8,11-12H2,1-3H3. The second-order valence-electron chi connectivity index (χ2n) is 7.10. The largest absolute Gasteiger partial charge is 0.266 e. The van der Waals surface area contributed by atoms with Gasteiger partial charge in [-0.3, -0.25) is 4.31 Å². The van der Waals surface area contributed by atoms with E-state index in [9.17, 15) is 0 Å². The number of benzene rings is 1. The summed E-state index contributed by atoms with van der Waals surface area (Å²) in [6.07, 6.45) is 10.7. The van der Waals surface area contributed by atoms with Crippen LogP contribution in [0.1, 0.15) is 56.3 Å². The fraction of sp³-hybridized carbons (Fsp3) is 0.524. The first kappa shape index (κ1) is 16.9. The monoisotopic (exact) mass is 329 g/mol. The maximum absolute atomic E-state index is 2.67. The molecule has 2 aliphatic rings. The van der Waals surface area contributed by atoms with Gasteiger partial charge in [-0.1, -0.05) is 62.6 Å². The number of hydrogen-bond acceptors (Lipinski definition) is 1. The molecule has 1 fully saturated rings. The Morgan fingerprint density at radius 3 is 2.39 bits per heavy atom. The summed E-state index contributed by atoms with van der Waals surface area (Å²) in [5.41, 5.74) is 3.12. The first-order valence-electron chi connectivity index (χ1n) is 9.11. The molecule has 2 atom stereocenters. The normalized spacial score (nSPS) is 29.3. The smallest absolute Gasteiger partial charge is 0.0325 e. The van der Waals surface area contributed by atoms with E-state index in [0.717, 1.165) is 5.92 Å². The van der Waals surface area contributed by atoms with Crippen LogP contribution in [0.2, 0.25) is 0 Å². The van der Waals surface area contributed by atoms with Crippen LogP contribution in [-0.4, -0.2) is 18.4 Å². The molecular formula is C21H31NS. The van der Waals surface area contributed by atoms with Gasteiger partial charge in [0.2, 0.25) is 0 Å². The molecule has 2 unspecified atom stereocenters. The molecule has 0 amide bonds. The third kappa shape index (κ3) is 3.29. The Morgan fingerprint density at radius 2 is 1.78 bits per heavy atom. The molecule has 0 N–H and O–H groups in total. The van der Waals surface area contributed by atoms with E-state index in [1.807, 2.05) is 0 Å². The van der Waals surface area contributed by atoms with Crippen molar-refractivity contribution in [2.75, 3.05) is 14.1 Å². The average Bonchev–Trinajstić information content (AvgIpc) is 3.04. The zero-order chi connectivity index (χ0) is 16.3. The Balaban J connectivity index is 1.94. The molecule has 0 radical (unpaired) electrons. The Hall–Kier alpha value is -0.990. The van der Waals surface area contributed by atoms with Crippen molar-refractivity contribution >= 4 is 10.2 Å². The second kappa shape index (κ2) is 7.27. The van der Waals surface area contributed by atoms with Gasteiger partial charge in [0.25, 0.3) is 0 Å². The molecule has 2 heteroatoms. The highest BCUT2D eigenvalue weighted by atomic mass is 32.3. The number of hydrogen-bond donors (Lipinski definition) is 0. The van der Waals surface area contributed by atoms with E-state index in [1.165, 1.54) is 44.1 Å². The van der Waals surface area contributed by atoms with Crippen molar-refractivity contribution in [3.63, 3.8) is 0 Å². The quantitative estimate of drug-likeness (QED) is 0.603. The van der Waals surface area contributed by atoms with Crippen LogP contribution in [0.25, 0.3) is 0 Å². The summed E-state index contributed by atoms with van der Waals surface area (Å²) in [5, 5.41) is 5.82. The molecule has 1 aliphatic carbocycles. The van der Waals surface area contributed by atoms with Gasteiger partial charge in [0.15, 0.2) is 0 Å². The van der Waals surface area contributed by atoms with Crippen molar-refractivity contribution in [2.24, 2.45) is 5.92 Å². The van der Waals surface area contributed by atoms with E-state index in [0.29, 0.717) is 5.25 Å². The van der Waals surface area contributed by atoms with Gasteiger partial charge in [0.05, 0.1) is 0 Å². The van der Waals surface area contributed by atoms with Crippen LogP contribution >= 0.6 is 10.2 Å². The molecule has 3 rings (SSSR count). The van der Waals surface area contributed by atoms with Crippen molar-refractivity contribution in [1.29, 1.82) is 0 Å². The molecule has 0 aromatic heterocycles. The van der Waals surface area contributed by atoms with E-state index >= 15 is 0 Å². The van der Waals surface area contributed by atoms with Crippen LogP contribution in [0.3, 0.4) is 0 Å². The van der Waals surface area contributed by atoms with Crippen LogP contribution in [0.4, 0.5) is 0 Å². The van der Waals surface area contributed by atoms with Crippen LogP contribution in [0.5, 0.6) is 0 Å². The lowest BCUT2D eigenvalue weighted by Crippen LogP contribution is -2.21. The molecule has 1 heterocycles. The van der Waals surface area contributed by atoms with Crippen molar-refractivity contribution in [2.45, 2.75) is 50.7 Å². The summed E-state index contributed by atoms with van der Waals surface area (Å²) in [7, 11) is 3.51. The summed E-state index contributed by atoms with van der Waals surface area (Å²) in [4.78, 5) is 0. The molecule has 1 saturated carbocycles. The van der Waals surface area contributed by atoms with Gasteiger partial charge in [-0.25, -0.2) is 0 Å². The van der Waals surface area contributed by atoms with Crippen LogP contribution < -0.4 is 0 Å². The van der Waals surface area contributed by atoms with Gasteiger partial charge in [-0.15, -0.1) is 10.2 Å². The Kier molecular flexibility index (Phi) is 5.33. The number of nitrogens with zero attached hydrogens (tertiary/aromatic N) is 1. The summed E-state index contributed by atoms with van der Waals surface area (Å²) in [5.74, 6) is 0.808. The Labute approximate surface area is 143 Å². The predicted molar refractivity (Wildman–Crippen MR) is 105 cm³/mol. The summed E-state index contributed by atoms with van der Waals surface area (Å²) in [6, 6.07) is 11.1. The first-order chi connectivity index (χ1) is 11.2. The van der Waals surface area contributed by atoms with E-state index in [-0.39, 0.29) is 0 Å². The second-order valence-corrected chi connectivity index (χ2v) is 10.4. The summed E-state index contributed by atoms with van der Waals surface area (Å²) in [6.45, 7) is 2.34. The van der Waals surface area contributed by atoms with E-state index in [2.05, 4.69) is 72.5 Å². The lowest BCUT2D eigenvalue weighted by atomic mass is 9.84. The average molecular weight is 330 g/mol. The highest BCUT2D eigenvalue weighted by molar-refractivity contribution is 8.36. The molecule has 0 saturated heterocycles. The van der Waals surface area contributed by atoms with Gasteiger partial charge in [-0.2, -0.15) is 0 Å². The molecular weight excluding hydrogens is 298 g/mol. The van der Waals surface area contributed by atoms with Gasteiger partial charge in [-0.05, 0) is 61.2 Å². The molecule has 0 bridgehead atoms. The third-order valence-corrected chi connectivity index (χ3v) is 9.51. The molecule has 1 aromatic carbocycles. The highest BCUT2D eigenvalue weighted by Crippen LogP contribution is 2.68. The van der Waals surface area contributed by atoms with Gasteiger partial charge >= 0.3 is 0 Å². The van der Waals surface area contributed by atoms with Crippen molar-refractivity contribution in [3.05, 3.63) is 58.4 Å². The van der Waals surface area contributed by atoms with E-state index < -0.39 is 10.2 Å². The molecule has 1 aromatic rings. The maximum atomic E-state index is 2.67. The van der Waals surface area contributed by atoms with Crippen molar-refractivity contribution in [1.82, 2.24) is 4.31 Å². The third-order valence-electron chi connectivity index (χ3n) is 5.51. The van der Waals surface area contributed by atoms with Gasteiger partial charge in [0.1, 0.15) is 0 Å². The van der Waals surface area contributed by atoms with Crippen LogP contribution in [0, 0.1) is 5.92 Å². The fourth-order valence-electron chi connectivity index (χ4n) is 4.20. The fourth-order valence-corrected chi connectivity index (χ4v) is 7.80.